The number of likely N-dealkylation sites (tertiary alicyclic amines) is 1. The van der Waals surface area contributed by atoms with Gasteiger partial charge in [0.15, 0.2) is 0 Å². The quantitative estimate of drug-likeness (QED) is 0.526. The Labute approximate surface area is 198 Å². The Bertz CT molecular complexity index is 1080. The van der Waals surface area contributed by atoms with E-state index in [1.165, 1.54) is 0 Å². The molecule has 0 unspecified atom stereocenters. The molecule has 0 aliphatic carbocycles. The summed E-state index contributed by atoms with van der Waals surface area (Å²) in [4.78, 5) is 37.1. The zero-order valence-corrected chi connectivity index (χ0v) is 19.5. The maximum atomic E-state index is 12.9. The standard InChI is InChI=1S/C25H29N5O2S/c31-24(28-10-3-4-11-28)18-27-13-15-29(16-14-27)25(32)20-6-8-22(9-7-20)33-19-21-17-30-12-2-1-5-23(30)26-21/h1-2,5-9,12,17H,3-4,10-11,13-16,18-19H2. The highest BCUT2D eigenvalue weighted by molar-refractivity contribution is 7.98. The zero-order chi connectivity index (χ0) is 22.6. The number of imidazole rings is 1. The fourth-order valence-electron chi connectivity index (χ4n) is 4.46. The van der Waals surface area contributed by atoms with E-state index in [2.05, 4.69) is 16.1 Å². The lowest BCUT2D eigenvalue weighted by Crippen LogP contribution is -2.51. The van der Waals surface area contributed by atoms with Gasteiger partial charge in [-0.1, -0.05) is 6.07 Å². The van der Waals surface area contributed by atoms with Crippen molar-refractivity contribution in [2.45, 2.75) is 23.5 Å². The van der Waals surface area contributed by atoms with Crippen LogP contribution in [-0.4, -0.2) is 81.7 Å². The summed E-state index contributed by atoms with van der Waals surface area (Å²) in [5.74, 6) is 1.08. The lowest BCUT2D eigenvalue weighted by molar-refractivity contribution is -0.131. The fraction of sp³-hybridized carbons (Fsp3) is 0.400. The van der Waals surface area contributed by atoms with E-state index in [0.29, 0.717) is 25.2 Å². The van der Waals surface area contributed by atoms with Crippen LogP contribution in [0.3, 0.4) is 0 Å². The lowest BCUT2D eigenvalue weighted by atomic mass is 10.2. The van der Waals surface area contributed by atoms with Gasteiger partial charge in [-0.2, -0.15) is 0 Å². The molecule has 0 saturated carbocycles. The summed E-state index contributed by atoms with van der Waals surface area (Å²) in [5, 5.41) is 0. The molecule has 2 aliphatic rings. The minimum atomic E-state index is 0.0671. The number of benzene rings is 1. The van der Waals surface area contributed by atoms with Gasteiger partial charge in [0.1, 0.15) is 5.65 Å². The molecule has 2 aromatic heterocycles. The molecule has 172 valence electrons. The minimum absolute atomic E-state index is 0.0671. The van der Waals surface area contributed by atoms with Crippen molar-refractivity contribution < 1.29 is 9.59 Å². The van der Waals surface area contributed by atoms with Crippen LogP contribution in [0.15, 0.2) is 59.8 Å². The monoisotopic (exact) mass is 463 g/mol. The van der Waals surface area contributed by atoms with Crippen LogP contribution in [0, 0.1) is 0 Å². The van der Waals surface area contributed by atoms with Crippen LogP contribution in [0.2, 0.25) is 0 Å². The fourth-order valence-corrected chi connectivity index (χ4v) is 5.24. The van der Waals surface area contributed by atoms with Crippen LogP contribution >= 0.6 is 11.8 Å². The molecule has 8 heteroatoms. The number of piperazine rings is 1. The maximum absolute atomic E-state index is 12.9. The first-order valence-electron chi connectivity index (χ1n) is 11.6. The number of pyridine rings is 1. The van der Waals surface area contributed by atoms with Crippen LogP contribution in [0.4, 0.5) is 0 Å². The van der Waals surface area contributed by atoms with Crippen LogP contribution in [-0.2, 0) is 10.5 Å². The molecule has 33 heavy (non-hydrogen) atoms. The molecule has 2 fully saturated rings. The van der Waals surface area contributed by atoms with Crippen molar-refractivity contribution in [2.75, 3.05) is 45.8 Å². The van der Waals surface area contributed by atoms with Gasteiger partial charge in [-0.05, 0) is 49.2 Å². The molecule has 3 aromatic rings. The SMILES string of the molecule is O=C(CN1CCN(C(=O)c2ccc(SCc3cn4ccccc4n3)cc2)CC1)N1CCCC1. The van der Waals surface area contributed by atoms with Crippen molar-refractivity contribution in [3.8, 4) is 0 Å². The Hall–Kier alpha value is -2.84. The van der Waals surface area contributed by atoms with Crippen molar-refractivity contribution in [3.63, 3.8) is 0 Å². The Kier molecular flexibility index (Phi) is 6.64. The van der Waals surface area contributed by atoms with Crippen molar-refractivity contribution in [1.82, 2.24) is 24.1 Å². The molecule has 2 saturated heterocycles. The topological polar surface area (TPSA) is 61.2 Å². The highest BCUT2D eigenvalue weighted by Gasteiger charge is 2.25. The van der Waals surface area contributed by atoms with Crippen LogP contribution in [0.1, 0.15) is 28.9 Å². The summed E-state index contributed by atoms with van der Waals surface area (Å²) in [6.45, 7) is 5.08. The van der Waals surface area contributed by atoms with E-state index in [1.807, 2.05) is 62.9 Å². The van der Waals surface area contributed by atoms with E-state index >= 15 is 0 Å². The van der Waals surface area contributed by atoms with Gasteiger partial charge in [-0.25, -0.2) is 4.98 Å². The molecule has 0 bridgehead atoms. The summed E-state index contributed by atoms with van der Waals surface area (Å²) in [6.07, 6.45) is 6.29. The summed E-state index contributed by atoms with van der Waals surface area (Å²) in [5.41, 5.74) is 2.70. The highest BCUT2D eigenvalue weighted by atomic mass is 32.2. The van der Waals surface area contributed by atoms with Crippen LogP contribution in [0.25, 0.3) is 5.65 Å². The molecule has 0 radical (unpaired) electrons. The van der Waals surface area contributed by atoms with Gasteiger partial charge in [0.05, 0.1) is 12.2 Å². The smallest absolute Gasteiger partial charge is 0.253 e. The van der Waals surface area contributed by atoms with Gasteiger partial charge in [0.25, 0.3) is 5.91 Å². The van der Waals surface area contributed by atoms with Crippen LogP contribution < -0.4 is 0 Å². The normalized spacial score (nSPS) is 17.1. The number of amides is 2. The van der Waals surface area contributed by atoms with Crippen LogP contribution in [0.5, 0.6) is 0 Å². The second-order valence-corrected chi connectivity index (χ2v) is 9.72. The number of hydrogen-bond donors (Lipinski definition) is 0. The summed E-state index contributed by atoms with van der Waals surface area (Å²) < 4.78 is 2.03. The maximum Gasteiger partial charge on any atom is 0.253 e. The third kappa shape index (κ3) is 5.23. The van der Waals surface area contributed by atoms with Crippen molar-refractivity contribution in [2.24, 2.45) is 0 Å². The van der Waals surface area contributed by atoms with Gasteiger partial charge < -0.3 is 14.2 Å². The second-order valence-electron chi connectivity index (χ2n) is 8.67. The molecular weight excluding hydrogens is 434 g/mol. The Morgan fingerprint density at radius 1 is 0.879 bits per heavy atom. The summed E-state index contributed by atoms with van der Waals surface area (Å²) >= 11 is 1.72. The first-order valence-corrected chi connectivity index (χ1v) is 12.6. The predicted molar refractivity (Wildman–Crippen MR) is 129 cm³/mol. The number of hydrogen-bond acceptors (Lipinski definition) is 5. The number of aromatic nitrogens is 2. The lowest BCUT2D eigenvalue weighted by Gasteiger charge is -2.35. The van der Waals surface area contributed by atoms with E-state index in [-0.39, 0.29) is 11.8 Å². The molecule has 7 nitrogen and oxygen atoms in total. The molecule has 2 amide bonds. The van der Waals surface area contributed by atoms with Gasteiger partial charge in [0.2, 0.25) is 5.91 Å². The van der Waals surface area contributed by atoms with E-state index in [9.17, 15) is 9.59 Å². The summed E-state index contributed by atoms with van der Waals surface area (Å²) in [7, 11) is 0. The van der Waals surface area contributed by atoms with Crippen molar-refractivity contribution in [1.29, 1.82) is 0 Å². The molecule has 0 spiro atoms. The molecular formula is C25H29N5O2S. The van der Waals surface area contributed by atoms with Gasteiger partial charge >= 0.3 is 0 Å². The second kappa shape index (κ2) is 9.97. The molecule has 5 rings (SSSR count). The molecule has 0 N–H and O–H groups in total. The first-order chi connectivity index (χ1) is 16.2. The highest BCUT2D eigenvalue weighted by Crippen LogP contribution is 2.23. The molecule has 2 aliphatic heterocycles. The molecule has 4 heterocycles. The minimum Gasteiger partial charge on any atom is -0.342 e. The Morgan fingerprint density at radius 3 is 2.36 bits per heavy atom. The Morgan fingerprint density at radius 2 is 1.64 bits per heavy atom. The van der Waals surface area contributed by atoms with E-state index in [0.717, 1.165) is 61.0 Å². The average molecular weight is 464 g/mol. The summed E-state index contributed by atoms with van der Waals surface area (Å²) in [6, 6.07) is 13.8. The van der Waals surface area contributed by atoms with E-state index < -0.39 is 0 Å². The van der Waals surface area contributed by atoms with E-state index in [1.54, 1.807) is 11.8 Å². The van der Waals surface area contributed by atoms with Gasteiger partial charge in [-0.3, -0.25) is 14.5 Å². The zero-order valence-electron chi connectivity index (χ0n) is 18.7. The first kappa shape index (κ1) is 22.0. The largest absolute Gasteiger partial charge is 0.342 e. The third-order valence-electron chi connectivity index (χ3n) is 6.38. The van der Waals surface area contributed by atoms with E-state index in [4.69, 9.17) is 0 Å². The van der Waals surface area contributed by atoms with Gasteiger partial charge in [0, 0.05) is 67.9 Å². The average Bonchev–Trinajstić information content (AvgIpc) is 3.53. The number of fused-ring (bicyclic) bond motifs is 1. The van der Waals surface area contributed by atoms with Crippen molar-refractivity contribution in [3.05, 3.63) is 66.1 Å². The molecule has 0 atom stereocenters. The third-order valence-corrected chi connectivity index (χ3v) is 7.42. The Balaban J connectivity index is 1.10. The number of carbonyl (C=O) groups excluding carboxylic acids is 2. The number of thioether (sulfide) groups is 1. The van der Waals surface area contributed by atoms with Gasteiger partial charge in [-0.15, -0.1) is 11.8 Å². The number of rotatable bonds is 6. The number of nitrogens with zero attached hydrogens (tertiary/aromatic N) is 5. The predicted octanol–water partition coefficient (Wildman–Crippen LogP) is 3.01. The molecule has 1 aromatic carbocycles. The number of carbonyl (C=O) groups is 2. The van der Waals surface area contributed by atoms with Crippen molar-refractivity contribution >= 4 is 29.2 Å².